The van der Waals surface area contributed by atoms with Gasteiger partial charge in [-0.05, 0) is 54.1 Å². The van der Waals surface area contributed by atoms with Crippen LogP contribution in [0.2, 0.25) is 0 Å². The summed E-state index contributed by atoms with van der Waals surface area (Å²) in [6.07, 6.45) is 2.25. The lowest BCUT2D eigenvalue weighted by Gasteiger charge is -2.37. The van der Waals surface area contributed by atoms with Gasteiger partial charge in [0.05, 0.1) is 18.9 Å². The summed E-state index contributed by atoms with van der Waals surface area (Å²) in [5.41, 5.74) is 2.17. The Hall–Kier alpha value is -3.10. The Kier molecular flexibility index (Phi) is 7.47. The zero-order valence-electron chi connectivity index (χ0n) is 18.9. The number of hydrogen-bond donors (Lipinski definition) is 0. The minimum Gasteiger partial charge on any atom is -0.491 e. The van der Waals surface area contributed by atoms with Crippen LogP contribution in [0.3, 0.4) is 0 Å². The standard InChI is InChI=1S/C25H28N2O5S/c1-18-6-3-4-7-21(18)32-17-20-19-10-15-33-23(19)9-11-27(20)24(28)16-26(12-14-30-2)25(29)22-8-5-13-31-22/h3-8,10,13,15,20H,9,11-12,14,16-17H2,1-2H3/t20-/m0/s1. The summed E-state index contributed by atoms with van der Waals surface area (Å²) in [4.78, 5) is 31.0. The lowest BCUT2D eigenvalue weighted by Crippen LogP contribution is -2.48. The van der Waals surface area contributed by atoms with Crippen LogP contribution < -0.4 is 4.74 Å². The SMILES string of the molecule is COCCN(CC(=O)N1CCc2sccc2[C@@H]1COc1ccccc1C)C(=O)c1ccco1. The number of nitrogens with zero attached hydrogens (tertiary/aromatic N) is 2. The third-order valence-electron chi connectivity index (χ3n) is 5.82. The van der Waals surface area contributed by atoms with E-state index in [-0.39, 0.29) is 30.2 Å². The molecular weight excluding hydrogens is 440 g/mol. The number of fused-ring (bicyclic) bond motifs is 1. The fourth-order valence-electron chi connectivity index (χ4n) is 4.03. The summed E-state index contributed by atoms with van der Waals surface area (Å²) in [5, 5.41) is 2.06. The highest BCUT2D eigenvalue weighted by atomic mass is 32.1. The van der Waals surface area contributed by atoms with Gasteiger partial charge in [0, 0.05) is 25.1 Å². The van der Waals surface area contributed by atoms with Crippen LogP contribution in [0.4, 0.5) is 0 Å². The first-order valence-electron chi connectivity index (χ1n) is 10.9. The summed E-state index contributed by atoms with van der Waals surface area (Å²) in [6.45, 7) is 3.51. The minimum absolute atomic E-state index is 0.0524. The van der Waals surface area contributed by atoms with Crippen molar-refractivity contribution >= 4 is 23.2 Å². The maximum Gasteiger partial charge on any atom is 0.290 e. The number of ether oxygens (including phenoxy) is 2. The van der Waals surface area contributed by atoms with Gasteiger partial charge in [-0.1, -0.05) is 18.2 Å². The molecule has 0 bridgehead atoms. The molecule has 0 spiro atoms. The van der Waals surface area contributed by atoms with E-state index in [4.69, 9.17) is 13.9 Å². The maximum atomic E-state index is 13.5. The number of benzene rings is 1. The van der Waals surface area contributed by atoms with Crippen molar-refractivity contribution in [2.45, 2.75) is 19.4 Å². The zero-order chi connectivity index (χ0) is 23.2. The van der Waals surface area contributed by atoms with Gasteiger partial charge in [-0.3, -0.25) is 9.59 Å². The predicted octanol–water partition coefficient (Wildman–Crippen LogP) is 3.94. The molecule has 1 aliphatic heterocycles. The molecule has 0 saturated heterocycles. The van der Waals surface area contributed by atoms with E-state index in [1.54, 1.807) is 30.6 Å². The van der Waals surface area contributed by atoms with Crippen LogP contribution in [0.1, 0.15) is 32.6 Å². The molecule has 0 fully saturated rings. The highest BCUT2D eigenvalue weighted by Crippen LogP contribution is 2.34. The monoisotopic (exact) mass is 468 g/mol. The number of methoxy groups -OCH3 is 1. The lowest BCUT2D eigenvalue weighted by molar-refractivity contribution is -0.135. The van der Waals surface area contributed by atoms with Crippen LogP contribution in [-0.4, -0.2) is 61.6 Å². The lowest BCUT2D eigenvalue weighted by atomic mass is 10.0. The Balaban J connectivity index is 1.52. The van der Waals surface area contributed by atoms with Gasteiger partial charge in [0.15, 0.2) is 5.76 Å². The molecule has 1 aromatic carbocycles. The van der Waals surface area contributed by atoms with Gasteiger partial charge in [-0.25, -0.2) is 0 Å². The van der Waals surface area contributed by atoms with Gasteiger partial charge in [0.25, 0.3) is 5.91 Å². The molecule has 4 rings (SSSR count). The van der Waals surface area contributed by atoms with E-state index in [1.165, 1.54) is 16.0 Å². The Morgan fingerprint density at radius 1 is 1.21 bits per heavy atom. The van der Waals surface area contributed by atoms with Crippen molar-refractivity contribution in [1.82, 2.24) is 9.80 Å². The Morgan fingerprint density at radius 2 is 2.06 bits per heavy atom. The molecule has 8 heteroatoms. The van der Waals surface area contributed by atoms with Gasteiger partial charge < -0.3 is 23.7 Å². The average Bonchev–Trinajstić information content (AvgIpc) is 3.52. The molecule has 0 saturated carbocycles. The van der Waals surface area contributed by atoms with Crippen molar-refractivity contribution in [3.05, 3.63) is 75.9 Å². The van der Waals surface area contributed by atoms with E-state index in [0.717, 1.165) is 23.3 Å². The van der Waals surface area contributed by atoms with Crippen LogP contribution in [0.5, 0.6) is 5.75 Å². The number of thiophene rings is 1. The second-order valence-corrected chi connectivity index (χ2v) is 8.93. The number of amides is 2. The number of hydrogen-bond acceptors (Lipinski definition) is 6. The average molecular weight is 469 g/mol. The van der Waals surface area contributed by atoms with Crippen LogP contribution in [0, 0.1) is 6.92 Å². The number of aryl methyl sites for hydroxylation is 1. The summed E-state index contributed by atoms with van der Waals surface area (Å²) in [6, 6.07) is 13.0. The van der Waals surface area contributed by atoms with Crippen LogP contribution in [0.15, 0.2) is 58.5 Å². The van der Waals surface area contributed by atoms with Crippen molar-refractivity contribution in [3.63, 3.8) is 0 Å². The summed E-state index contributed by atoms with van der Waals surface area (Å²) < 4.78 is 16.6. The van der Waals surface area contributed by atoms with Gasteiger partial charge >= 0.3 is 0 Å². The molecule has 3 aromatic rings. The second-order valence-electron chi connectivity index (χ2n) is 7.93. The summed E-state index contributed by atoms with van der Waals surface area (Å²) in [7, 11) is 1.57. The summed E-state index contributed by atoms with van der Waals surface area (Å²) >= 11 is 1.71. The Bertz CT molecular complexity index is 1080. The number of carbonyl (C=O) groups is 2. The summed E-state index contributed by atoms with van der Waals surface area (Å²) in [5.74, 6) is 0.562. The van der Waals surface area contributed by atoms with Crippen molar-refractivity contribution in [1.29, 1.82) is 0 Å². The van der Waals surface area contributed by atoms with Gasteiger partial charge in [0.2, 0.25) is 5.91 Å². The van der Waals surface area contributed by atoms with E-state index in [0.29, 0.717) is 26.3 Å². The largest absolute Gasteiger partial charge is 0.491 e. The molecule has 0 aliphatic carbocycles. The normalized spacial score (nSPS) is 15.2. The van der Waals surface area contributed by atoms with E-state index in [2.05, 4.69) is 11.4 Å². The third kappa shape index (κ3) is 5.29. The highest BCUT2D eigenvalue weighted by molar-refractivity contribution is 7.10. The van der Waals surface area contributed by atoms with Gasteiger partial charge in [-0.2, -0.15) is 0 Å². The molecule has 0 radical (unpaired) electrons. The molecule has 2 amide bonds. The van der Waals surface area contributed by atoms with Crippen molar-refractivity contribution in [3.8, 4) is 5.75 Å². The first kappa shape index (κ1) is 23.1. The zero-order valence-corrected chi connectivity index (χ0v) is 19.7. The number of carbonyl (C=O) groups excluding carboxylic acids is 2. The van der Waals surface area contributed by atoms with Crippen LogP contribution in [-0.2, 0) is 16.0 Å². The molecule has 2 aromatic heterocycles. The molecule has 0 N–H and O–H groups in total. The van der Waals surface area contributed by atoms with Crippen molar-refractivity contribution in [2.75, 3.05) is 40.0 Å². The maximum absolute atomic E-state index is 13.5. The van der Waals surface area contributed by atoms with E-state index < -0.39 is 0 Å². The topological polar surface area (TPSA) is 72.2 Å². The number of para-hydroxylation sites is 1. The first-order valence-corrected chi connectivity index (χ1v) is 11.8. The molecule has 1 atom stereocenters. The van der Waals surface area contributed by atoms with E-state index >= 15 is 0 Å². The van der Waals surface area contributed by atoms with E-state index in [9.17, 15) is 9.59 Å². The minimum atomic E-state index is -0.327. The number of furan rings is 1. The van der Waals surface area contributed by atoms with E-state index in [1.807, 2.05) is 36.1 Å². The molecular formula is C25H28N2O5S. The molecule has 33 heavy (non-hydrogen) atoms. The molecule has 174 valence electrons. The first-order chi connectivity index (χ1) is 16.1. The predicted molar refractivity (Wildman–Crippen MR) is 126 cm³/mol. The van der Waals surface area contributed by atoms with Gasteiger partial charge in [0.1, 0.15) is 18.9 Å². The fourth-order valence-corrected chi connectivity index (χ4v) is 4.95. The Morgan fingerprint density at radius 3 is 2.82 bits per heavy atom. The van der Waals surface area contributed by atoms with Crippen LogP contribution in [0.25, 0.3) is 0 Å². The number of rotatable bonds is 9. The molecule has 0 unspecified atom stereocenters. The quantitative estimate of drug-likeness (QED) is 0.476. The van der Waals surface area contributed by atoms with Crippen LogP contribution >= 0.6 is 11.3 Å². The van der Waals surface area contributed by atoms with Gasteiger partial charge in [-0.15, -0.1) is 11.3 Å². The van der Waals surface area contributed by atoms with Crippen molar-refractivity contribution in [2.24, 2.45) is 0 Å². The molecule has 1 aliphatic rings. The second kappa shape index (κ2) is 10.7. The third-order valence-corrected chi connectivity index (χ3v) is 6.81. The smallest absolute Gasteiger partial charge is 0.290 e. The van der Waals surface area contributed by atoms with Crippen molar-refractivity contribution < 1.29 is 23.5 Å². The molecule has 3 heterocycles. The highest BCUT2D eigenvalue weighted by Gasteiger charge is 2.34. The Labute approximate surface area is 197 Å². The fraction of sp³-hybridized carbons (Fsp3) is 0.360. The molecule has 7 nitrogen and oxygen atoms in total.